The highest BCUT2D eigenvalue weighted by atomic mass is 35.5. The lowest BCUT2D eigenvalue weighted by molar-refractivity contribution is -0.131. The molecule has 1 aromatic carbocycles. The minimum absolute atomic E-state index is 0.0965. The zero-order chi connectivity index (χ0) is 12.1. The number of carbonyl (C=O) groups excluding carboxylic acids is 1. The van der Waals surface area contributed by atoms with Crippen LogP contribution in [0.25, 0.3) is 0 Å². The van der Waals surface area contributed by atoms with Crippen LogP contribution >= 0.6 is 11.6 Å². The standard InChI is InChI=1S/C10H8ClNO4/c11-7-5-6(1-2-8(7)13)12-9(14)3-4-10(15)16/h1-5,13H,(H,12,14)(H,15,16)/b4-3+. The maximum Gasteiger partial charge on any atom is 0.328 e. The second kappa shape index (κ2) is 5.18. The summed E-state index contributed by atoms with van der Waals surface area (Å²) in [5.74, 6) is -1.90. The van der Waals surface area contributed by atoms with Gasteiger partial charge in [-0.15, -0.1) is 0 Å². The molecule has 16 heavy (non-hydrogen) atoms. The smallest absolute Gasteiger partial charge is 0.328 e. The number of phenolic OH excluding ortho intramolecular Hbond substituents is 1. The van der Waals surface area contributed by atoms with Crippen molar-refractivity contribution in [1.82, 2.24) is 0 Å². The number of anilines is 1. The quantitative estimate of drug-likeness (QED) is 0.554. The van der Waals surface area contributed by atoms with Gasteiger partial charge in [0.2, 0.25) is 5.91 Å². The molecule has 1 amide bonds. The van der Waals surface area contributed by atoms with Crippen molar-refractivity contribution in [3.05, 3.63) is 35.4 Å². The molecule has 1 aromatic rings. The highest BCUT2D eigenvalue weighted by Crippen LogP contribution is 2.25. The largest absolute Gasteiger partial charge is 0.506 e. The number of carbonyl (C=O) groups is 2. The Morgan fingerprint density at radius 1 is 1.31 bits per heavy atom. The molecule has 0 unspecified atom stereocenters. The fraction of sp³-hybridized carbons (Fsp3) is 0. The van der Waals surface area contributed by atoms with Crippen LogP contribution in [-0.2, 0) is 9.59 Å². The van der Waals surface area contributed by atoms with E-state index < -0.39 is 11.9 Å². The number of amides is 1. The van der Waals surface area contributed by atoms with Crippen LogP contribution in [0.4, 0.5) is 5.69 Å². The van der Waals surface area contributed by atoms with E-state index in [1.165, 1.54) is 18.2 Å². The number of aliphatic carboxylic acids is 1. The van der Waals surface area contributed by atoms with Gasteiger partial charge in [0.25, 0.3) is 0 Å². The lowest BCUT2D eigenvalue weighted by Crippen LogP contribution is -2.08. The fourth-order valence-electron chi connectivity index (χ4n) is 0.916. The van der Waals surface area contributed by atoms with Crippen molar-refractivity contribution in [2.24, 2.45) is 0 Å². The molecule has 1 rings (SSSR count). The summed E-state index contributed by atoms with van der Waals surface area (Å²) in [4.78, 5) is 21.3. The van der Waals surface area contributed by atoms with Crippen LogP contribution in [-0.4, -0.2) is 22.1 Å². The van der Waals surface area contributed by atoms with Crippen LogP contribution in [0.2, 0.25) is 5.02 Å². The van der Waals surface area contributed by atoms with E-state index in [2.05, 4.69) is 5.32 Å². The molecule has 0 aromatic heterocycles. The van der Waals surface area contributed by atoms with E-state index in [1.54, 1.807) is 0 Å². The van der Waals surface area contributed by atoms with Crippen LogP contribution < -0.4 is 5.32 Å². The highest BCUT2D eigenvalue weighted by molar-refractivity contribution is 6.32. The summed E-state index contributed by atoms with van der Waals surface area (Å²) in [7, 11) is 0. The molecule has 0 radical (unpaired) electrons. The maximum absolute atomic E-state index is 11.1. The SMILES string of the molecule is O=C(O)/C=C/C(=O)Nc1ccc(O)c(Cl)c1. The molecule has 5 nitrogen and oxygen atoms in total. The number of halogens is 1. The van der Waals surface area contributed by atoms with Crippen molar-refractivity contribution in [3.8, 4) is 5.75 Å². The summed E-state index contributed by atoms with van der Waals surface area (Å²) in [6.07, 6.45) is 1.60. The Labute approximate surface area is 96.0 Å². The van der Waals surface area contributed by atoms with E-state index in [1.807, 2.05) is 0 Å². The number of carboxylic acid groups (broad SMARTS) is 1. The lowest BCUT2D eigenvalue weighted by Gasteiger charge is -2.03. The van der Waals surface area contributed by atoms with Crippen molar-refractivity contribution < 1.29 is 19.8 Å². The number of benzene rings is 1. The molecule has 0 spiro atoms. The summed E-state index contributed by atoms with van der Waals surface area (Å²) in [6, 6.07) is 4.11. The first-order valence-electron chi connectivity index (χ1n) is 4.19. The van der Waals surface area contributed by atoms with Gasteiger partial charge in [-0.3, -0.25) is 4.79 Å². The minimum Gasteiger partial charge on any atom is -0.506 e. The predicted octanol–water partition coefficient (Wildman–Crippen LogP) is 1.62. The summed E-state index contributed by atoms with van der Waals surface area (Å²) >= 11 is 5.61. The number of phenols is 1. The van der Waals surface area contributed by atoms with Gasteiger partial charge in [-0.2, -0.15) is 0 Å². The molecule has 0 heterocycles. The van der Waals surface area contributed by atoms with Gasteiger partial charge in [0.05, 0.1) is 5.02 Å². The van der Waals surface area contributed by atoms with E-state index in [9.17, 15) is 9.59 Å². The van der Waals surface area contributed by atoms with Crippen LogP contribution in [0.1, 0.15) is 0 Å². The zero-order valence-electron chi connectivity index (χ0n) is 7.98. The molecule has 6 heteroatoms. The molecular formula is C10H8ClNO4. The third-order valence-electron chi connectivity index (χ3n) is 1.59. The number of carboxylic acids is 1. The van der Waals surface area contributed by atoms with Gasteiger partial charge < -0.3 is 15.5 Å². The number of hydrogen-bond acceptors (Lipinski definition) is 3. The second-order valence-electron chi connectivity index (χ2n) is 2.83. The predicted molar refractivity (Wildman–Crippen MR) is 58.5 cm³/mol. The number of hydrogen-bond donors (Lipinski definition) is 3. The molecule has 0 saturated carbocycles. The average Bonchev–Trinajstić information content (AvgIpc) is 2.21. The van der Waals surface area contributed by atoms with Crippen molar-refractivity contribution >= 4 is 29.2 Å². The zero-order valence-corrected chi connectivity index (χ0v) is 8.73. The van der Waals surface area contributed by atoms with Crippen molar-refractivity contribution in [2.45, 2.75) is 0 Å². The molecule has 3 N–H and O–H groups in total. The van der Waals surface area contributed by atoms with Crippen LogP contribution in [0, 0.1) is 0 Å². The van der Waals surface area contributed by atoms with Crippen LogP contribution in [0.15, 0.2) is 30.4 Å². The first-order chi connectivity index (χ1) is 7.49. The Balaban J connectivity index is 2.70. The fourth-order valence-corrected chi connectivity index (χ4v) is 1.10. The van der Waals surface area contributed by atoms with Gasteiger partial charge in [-0.1, -0.05) is 11.6 Å². The van der Waals surface area contributed by atoms with Gasteiger partial charge in [0.1, 0.15) is 5.75 Å². The molecule has 0 aliphatic carbocycles. The monoisotopic (exact) mass is 241 g/mol. The van der Waals surface area contributed by atoms with Crippen LogP contribution in [0.5, 0.6) is 5.75 Å². The number of aromatic hydroxyl groups is 1. The third kappa shape index (κ3) is 3.62. The Kier molecular flexibility index (Phi) is 3.90. The molecular weight excluding hydrogens is 234 g/mol. The van der Waals surface area contributed by atoms with E-state index in [0.29, 0.717) is 5.69 Å². The van der Waals surface area contributed by atoms with Gasteiger partial charge in [-0.25, -0.2) is 4.79 Å². The van der Waals surface area contributed by atoms with Gasteiger partial charge in [0, 0.05) is 17.8 Å². The van der Waals surface area contributed by atoms with Gasteiger partial charge >= 0.3 is 5.97 Å². The van der Waals surface area contributed by atoms with Crippen LogP contribution in [0.3, 0.4) is 0 Å². The first kappa shape index (κ1) is 12.1. The number of nitrogens with one attached hydrogen (secondary N) is 1. The average molecular weight is 242 g/mol. The number of rotatable bonds is 3. The maximum atomic E-state index is 11.1. The molecule has 0 aliphatic heterocycles. The highest BCUT2D eigenvalue weighted by Gasteiger charge is 2.02. The van der Waals surface area contributed by atoms with Gasteiger partial charge in [0.15, 0.2) is 0 Å². The second-order valence-corrected chi connectivity index (χ2v) is 3.23. The van der Waals surface area contributed by atoms with Gasteiger partial charge in [-0.05, 0) is 18.2 Å². The third-order valence-corrected chi connectivity index (χ3v) is 1.90. The summed E-state index contributed by atoms with van der Waals surface area (Å²) < 4.78 is 0. The van der Waals surface area contributed by atoms with Crippen molar-refractivity contribution in [2.75, 3.05) is 5.32 Å². The van der Waals surface area contributed by atoms with E-state index >= 15 is 0 Å². The van der Waals surface area contributed by atoms with E-state index in [0.717, 1.165) is 12.2 Å². The van der Waals surface area contributed by atoms with Crippen molar-refractivity contribution in [3.63, 3.8) is 0 Å². The molecule has 0 atom stereocenters. The Hall–Kier alpha value is -2.01. The normalized spacial score (nSPS) is 10.3. The first-order valence-corrected chi connectivity index (χ1v) is 4.57. The van der Waals surface area contributed by atoms with E-state index in [-0.39, 0.29) is 10.8 Å². The Morgan fingerprint density at radius 2 is 2.00 bits per heavy atom. The lowest BCUT2D eigenvalue weighted by atomic mass is 10.3. The summed E-state index contributed by atoms with van der Waals surface area (Å²) in [5.41, 5.74) is 0.364. The van der Waals surface area contributed by atoms with E-state index in [4.69, 9.17) is 21.8 Å². The molecule has 0 aliphatic rings. The molecule has 0 bridgehead atoms. The molecule has 84 valence electrons. The van der Waals surface area contributed by atoms with Crippen molar-refractivity contribution in [1.29, 1.82) is 0 Å². The Bertz CT molecular complexity index is 456. The molecule has 0 saturated heterocycles. The molecule has 0 fully saturated rings. The topological polar surface area (TPSA) is 86.6 Å². The summed E-state index contributed by atoms with van der Waals surface area (Å²) in [6.45, 7) is 0. The Morgan fingerprint density at radius 3 is 2.56 bits per heavy atom. The summed E-state index contributed by atoms with van der Waals surface area (Å²) in [5, 5.41) is 19.9. The minimum atomic E-state index is -1.21.